The van der Waals surface area contributed by atoms with Crippen molar-refractivity contribution in [1.29, 1.82) is 5.26 Å². The van der Waals surface area contributed by atoms with Gasteiger partial charge < -0.3 is 4.74 Å². The van der Waals surface area contributed by atoms with Gasteiger partial charge in [-0.2, -0.15) is 5.26 Å². The first kappa shape index (κ1) is 29.7. The second-order valence-corrected chi connectivity index (χ2v) is 13.1. The van der Waals surface area contributed by atoms with E-state index in [-0.39, 0.29) is 0 Å². The molecular formula is C47H28N4O. The van der Waals surface area contributed by atoms with E-state index in [0.29, 0.717) is 23.0 Å². The van der Waals surface area contributed by atoms with Crippen molar-refractivity contribution in [1.82, 2.24) is 15.0 Å². The van der Waals surface area contributed by atoms with Crippen LogP contribution in [0.25, 0.3) is 56.4 Å². The summed E-state index contributed by atoms with van der Waals surface area (Å²) in [6, 6.07) is 60.2. The van der Waals surface area contributed by atoms with E-state index in [0.717, 1.165) is 61.6 Å². The zero-order valence-electron chi connectivity index (χ0n) is 27.9. The molecule has 1 spiro atoms. The summed E-state index contributed by atoms with van der Waals surface area (Å²) in [5.74, 6) is 3.49. The van der Waals surface area contributed by atoms with Crippen molar-refractivity contribution in [2.24, 2.45) is 0 Å². The SMILES string of the molecule is N#Cc1ccc2c(c1)C1(c3ccccc3Oc3ccc(-c4ccc(-c5nc(-c6ccccc6)nc(-c6ccccc6)n5)cc4)cc31)c1ccccc1-2. The molecule has 0 amide bonds. The number of benzene rings is 7. The Morgan fingerprint density at radius 1 is 0.404 bits per heavy atom. The first-order valence-corrected chi connectivity index (χ1v) is 17.2. The van der Waals surface area contributed by atoms with Gasteiger partial charge >= 0.3 is 0 Å². The normalized spacial score (nSPS) is 14.8. The second kappa shape index (κ2) is 11.7. The molecule has 0 fully saturated rings. The standard InChI is InChI=1S/C47H28N4O/c48-29-30-19-25-37-36-15-7-8-16-38(36)47(40(37)27-30)39-17-9-10-18-42(39)52-43-26-24-35(28-41(43)47)31-20-22-34(23-21-31)46-50-44(32-11-3-1-4-12-32)49-45(51-46)33-13-5-2-6-14-33/h1-28H. The molecule has 0 radical (unpaired) electrons. The van der Waals surface area contributed by atoms with E-state index in [2.05, 4.69) is 97.1 Å². The quantitative estimate of drug-likeness (QED) is 0.187. The van der Waals surface area contributed by atoms with Crippen LogP contribution in [0, 0.1) is 11.3 Å². The minimum atomic E-state index is -0.661. The van der Waals surface area contributed by atoms with Crippen molar-refractivity contribution >= 4 is 0 Å². The Hall–Kier alpha value is -7.16. The van der Waals surface area contributed by atoms with Crippen LogP contribution in [0.4, 0.5) is 0 Å². The van der Waals surface area contributed by atoms with Gasteiger partial charge in [0, 0.05) is 27.8 Å². The molecule has 10 rings (SSSR count). The monoisotopic (exact) mass is 664 g/mol. The zero-order chi connectivity index (χ0) is 34.6. The van der Waals surface area contributed by atoms with Gasteiger partial charge in [-0.1, -0.05) is 140 Å². The summed E-state index contributed by atoms with van der Waals surface area (Å²) >= 11 is 0. The molecule has 0 saturated heterocycles. The Bertz CT molecular complexity index is 2660. The molecule has 8 aromatic rings. The number of nitrogens with zero attached hydrogens (tertiary/aromatic N) is 4. The van der Waals surface area contributed by atoms with Gasteiger partial charge in [-0.3, -0.25) is 0 Å². The van der Waals surface area contributed by atoms with E-state index in [1.165, 1.54) is 11.1 Å². The van der Waals surface area contributed by atoms with Crippen LogP contribution in [0.15, 0.2) is 170 Å². The lowest BCUT2D eigenvalue weighted by Crippen LogP contribution is -2.32. The summed E-state index contributed by atoms with van der Waals surface area (Å²) < 4.78 is 6.63. The fraction of sp³-hybridized carbons (Fsp3) is 0.0213. The molecule has 1 aromatic heterocycles. The van der Waals surface area contributed by atoms with Crippen molar-refractivity contribution < 1.29 is 4.74 Å². The molecule has 1 atom stereocenters. The summed E-state index contributed by atoms with van der Waals surface area (Å²) in [5.41, 5.74) is 11.5. The number of rotatable bonds is 4. The van der Waals surface area contributed by atoms with Gasteiger partial charge in [-0.25, -0.2) is 15.0 Å². The molecule has 1 unspecified atom stereocenters. The van der Waals surface area contributed by atoms with E-state index in [9.17, 15) is 5.26 Å². The predicted octanol–water partition coefficient (Wildman–Crippen LogP) is 10.9. The molecule has 5 heteroatoms. The van der Waals surface area contributed by atoms with E-state index in [1.54, 1.807) is 0 Å². The van der Waals surface area contributed by atoms with Gasteiger partial charge in [0.1, 0.15) is 11.5 Å². The van der Waals surface area contributed by atoms with Crippen LogP contribution in [-0.4, -0.2) is 15.0 Å². The third-order valence-corrected chi connectivity index (χ3v) is 10.2. The van der Waals surface area contributed by atoms with Gasteiger partial charge in [0.05, 0.1) is 17.0 Å². The van der Waals surface area contributed by atoms with Gasteiger partial charge in [-0.15, -0.1) is 0 Å². The average molecular weight is 665 g/mol. The van der Waals surface area contributed by atoms with Gasteiger partial charge in [0.2, 0.25) is 0 Å². The van der Waals surface area contributed by atoms with E-state index in [1.807, 2.05) is 78.9 Å². The smallest absolute Gasteiger partial charge is 0.164 e. The van der Waals surface area contributed by atoms with Crippen molar-refractivity contribution in [3.05, 3.63) is 198 Å². The highest BCUT2D eigenvalue weighted by atomic mass is 16.5. The molecule has 5 nitrogen and oxygen atoms in total. The number of fused-ring (bicyclic) bond motifs is 9. The minimum absolute atomic E-state index is 0.612. The Morgan fingerprint density at radius 3 is 1.60 bits per heavy atom. The molecular weight excluding hydrogens is 637 g/mol. The molecule has 2 heterocycles. The van der Waals surface area contributed by atoms with Crippen LogP contribution in [0.3, 0.4) is 0 Å². The molecule has 7 aromatic carbocycles. The van der Waals surface area contributed by atoms with Crippen molar-refractivity contribution in [3.63, 3.8) is 0 Å². The third-order valence-electron chi connectivity index (χ3n) is 10.2. The van der Waals surface area contributed by atoms with E-state index >= 15 is 0 Å². The lowest BCUT2D eigenvalue weighted by Gasteiger charge is -2.39. The van der Waals surface area contributed by atoms with Gasteiger partial charge in [0.15, 0.2) is 17.5 Å². The highest BCUT2D eigenvalue weighted by Gasteiger charge is 2.51. The summed E-state index contributed by atoms with van der Waals surface area (Å²) in [4.78, 5) is 14.7. The number of hydrogen-bond donors (Lipinski definition) is 0. The molecule has 0 bridgehead atoms. The maximum Gasteiger partial charge on any atom is 0.164 e. The van der Waals surface area contributed by atoms with Crippen molar-refractivity contribution in [3.8, 4) is 74.0 Å². The number of hydrogen-bond acceptors (Lipinski definition) is 5. The maximum absolute atomic E-state index is 10.0. The van der Waals surface area contributed by atoms with E-state index < -0.39 is 5.41 Å². The zero-order valence-corrected chi connectivity index (χ0v) is 27.9. The van der Waals surface area contributed by atoms with Crippen LogP contribution in [0.1, 0.15) is 27.8 Å². The number of nitriles is 1. The highest BCUT2D eigenvalue weighted by Crippen LogP contribution is 2.62. The lowest BCUT2D eigenvalue weighted by molar-refractivity contribution is 0.436. The second-order valence-electron chi connectivity index (χ2n) is 13.1. The van der Waals surface area contributed by atoms with Crippen molar-refractivity contribution in [2.75, 3.05) is 0 Å². The molecule has 52 heavy (non-hydrogen) atoms. The number of para-hydroxylation sites is 1. The van der Waals surface area contributed by atoms with Crippen LogP contribution >= 0.6 is 0 Å². The number of ether oxygens (including phenoxy) is 1. The van der Waals surface area contributed by atoms with Gasteiger partial charge in [0.25, 0.3) is 0 Å². The van der Waals surface area contributed by atoms with Crippen LogP contribution in [-0.2, 0) is 5.41 Å². The highest BCUT2D eigenvalue weighted by molar-refractivity contribution is 5.89. The minimum Gasteiger partial charge on any atom is -0.457 e. The molecule has 1 aliphatic heterocycles. The first-order chi connectivity index (χ1) is 25.7. The summed E-state index contributed by atoms with van der Waals surface area (Å²) in [6.45, 7) is 0. The molecule has 1 aliphatic carbocycles. The first-order valence-electron chi connectivity index (χ1n) is 17.2. The topological polar surface area (TPSA) is 71.7 Å². The Labute approximate surface area is 301 Å². The summed E-state index contributed by atoms with van der Waals surface area (Å²) in [5, 5.41) is 10.0. The number of aromatic nitrogens is 3. The van der Waals surface area contributed by atoms with Crippen LogP contribution in [0.2, 0.25) is 0 Å². The van der Waals surface area contributed by atoms with Gasteiger partial charge in [-0.05, 0) is 63.7 Å². The largest absolute Gasteiger partial charge is 0.457 e. The van der Waals surface area contributed by atoms with E-state index in [4.69, 9.17) is 19.7 Å². The fourth-order valence-electron chi connectivity index (χ4n) is 7.90. The Morgan fingerprint density at radius 2 is 0.923 bits per heavy atom. The molecule has 0 N–H and O–H groups in total. The third kappa shape index (κ3) is 4.52. The van der Waals surface area contributed by atoms with Crippen LogP contribution in [0.5, 0.6) is 11.5 Å². The molecule has 0 saturated carbocycles. The molecule has 242 valence electrons. The lowest BCUT2D eigenvalue weighted by atomic mass is 9.65. The predicted molar refractivity (Wildman–Crippen MR) is 204 cm³/mol. The van der Waals surface area contributed by atoms with Crippen molar-refractivity contribution in [2.45, 2.75) is 5.41 Å². The summed E-state index contributed by atoms with van der Waals surface area (Å²) in [6.07, 6.45) is 0. The Balaban J connectivity index is 1.12. The Kier molecular flexibility index (Phi) is 6.70. The van der Waals surface area contributed by atoms with Crippen LogP contribution < -0.4 is 4.74 Å². The molecule has 2 aliphatic rings. The maximum atomic E-state index is 10.0. The summed E-state index contributed by atoms with van der Waals surface area (Å²) in [7, 11) is 0. The average Bonchev–Trinajstić information content (AvgIpc) is 3.51. The fourth-order valence-corrected chi connectivity index (χ4v) is 7.90.